The minimum absolute atomic E-state index is 0.0379. The van der Waals surface area contributed by atoms with Gasteiger partial charge in [-0.15, -0.1) is 0 Å². The summed E-state index contributed by atoms with van der Waals surface area (Å²) in [7, 11) is 1.55. The molecule has 0 spiro atoms. The van der Waals surface area contributed by atoms with Crippen LogP contribution < -0.4 is 20.7 Å². The van der Waals surface area contributed by atoms with Crippen LogP contribution in [-0.4, -0.2) is 24.0 Å². The third-order valence-electron chi connectivity index (χ3n) is 4.16. The lowest BCUT2D eigenvalue weighted by Gasteiger charge is -2.12. The highest BCUT2D eigenvalue weighted by molar-refractivity contribution is 5.96. The number of nitrogens with zero attached hydrogens (tertiary/aromatic N) is 1. The highest BCUT2D eigenvalue weighted by atomic mass is 16.5. The molecule has 0 aliphatic heterocycles. The zero-order valence-corrected chi connectivity index (χ0v) is 14.8. The maximum Gasteiger partial charge on any atom is 0.319 e. The van der Waals surface area contributed by atoms with Crippen molar-refractivity contribution in [1.29, 1.82) is 0 Å². The first-order valence-corrected chi connectivity index (χ1v) is 8.50. The summed E-state index contributed by atoms with van der Waals surface area (Å²) in [5, 5.41) is 8.50. The third kappa shape index (κ3) is 4.72. The summed E-state index contributed by atoms with van der Waals surface area (Å²) < 4.78 is 5.07. The van der Waals surface area contributed by atoms with Gasteiger partial charge in [0.2, 0.25) is 11.8 Å². The molecule has 1 fully saturated rings. The zero-order valence-electron chi connectivity index (χ0n) is 14.8. The number of anilines is 2. The van der Waals surface area contributed by atoms with Crippen LogP contribution in [-0.2, 0) is 11.3 Å². The second-order valence-electron chi connectivity index (χ2n) is 6.31. The van der Waals surface area contributed by atoms with Gasteiger partial charge in [0.25, 0.3) is 0 Å². The Bertz CT molecular complexity index is 818. The smallest absolute Gasteiger partial charge is 0.319 e. The lowest BCUT2D eigenvalue weighted by atomic mass is 10.1. The van der Waals surface area contributed by atoms with E-state index in [9.17, 15) is 9.59 Å². The molecule has 1 aliphatic carbocycles. The molecule has 3 N–H and O–H groups in total. The minimum atomic E-state index is -0.324. The van der Waals surface area contributed by atoms with E-state index in [-0.39, 0.29) is 17.9 Å². The Morgan fingerprint density at radius 2 is 2.00 bits per heavy atom. The van der Waals surface area contributed by atoms with Gasteiger partial charge >= 0.3 is 6.03 Å². The fourth-order valence-electron chi connectivity index (χ4n) is 2.45. The first-order chi connectivity index (χ1) is 12.5. The SMILES string of the molecule is COc1cc(CNC(=O)Nc2cc(NC(=O)C3CC3)ccc2C)ccn1. The molecular weight excluding hydrogens is 332 g/mol. The first kappa shape index (κ1) is 17.7. The number of amides is 3. The Labute approximate surface area is 152 Å². The Balaban J connectivity index is 1.58. The van der Waals surface area contributed by atoms with Crippen LogP contribution in [0.3, 0.4) is 0 Å². The predicted molar refractivity (Wildman–Crippen MR) is 99.2 cm³/mol. The van der Waals surface area contributed by atoms with Crippen LogP contribution in [0.25, 0.3) is 0 Å². The monoisotopic (exact) mass is 354 g/mol. The molecule has 3 rings (SSSR count). The fraction of sp³-hybridized carbons (Fsp3) is 0.316. The Morgan fingerprint density at radius 3 is 2.73 bits per heavy atom. The number of ether oxygens (including phenoxy) is 1. The average Bonchev–Trinajstić information content (AvgIpc) is 3.48. The van der Waals surface area contributed by atoms with Crippen LogP contribution >= 0.6 is 0 Å². The Kier molecular flexibility index (Phi) is 5.36. The Hall–Kier alpha value is -3.09. The summed E-state index contributed by atoms with van der Waals surface area (Å²) in [6, 6.07) is 8.72. The summed E-state index contributed by atoms with van der Waals surface area (Å²) in [5.41, 5.74) is 3.13. The van der Waals surface area contributed by atoms with Gasteiger partial charge in [0.1, 0.15) is 0 Å². The maximum absolute atomic E-state index is 12.2. The number of hydrogen-bond acceptors (Lipinski definition) is 4. The molecular formula is C19H22N4O3. The van der Waals surface area contributed by atoms with Crippen LogP contribution in [0.4, 0.5) is 16.2 Å². The van der Waals surface area contributed by atoms with E-state index in [2.05, 4.69) is 20.9 Å². The van der Waals surface area contributed by atoms with E-state index in [1.807, 2.05) is 25.1 Å². The van der Waals surface area contributed by atoms with Crippen LogP contribution in [0.5, 0.6) is 5.88 Å². The highest BCUT2D eigenvalue weighted by Gasteiger charge is 2.29. The molecule has 0 unspecified atom stereocenters. The van der Waals surface area contributed by atoms with Gasteiger partial charge in [0, 0.05) is 36.1 Å². The van der Waals surface area contributed by atoms with E-state index >= 15 is 0 Å². The van der Waals surface area contributed by atoms with Crippen molar-refractivity contribution in [3.63, 3.8) is 0 Å². The fourth-order valence-corrected chi connectivity index (χ4v) is 2.45. The molecule has 3 amide bonds. The molecule has 1 saturated carbocycles. The Morgan fingerprint density at radius 1 is 1.19 bits per heavy atom. The number of aromatic nitrogens is 1. The summed E-state index contributed by atoms with van der Waals surface area (Å²) in [6.45, 7) is 2.25. The van der Waals surface area contributed by atoms with Crippen LogP contribution in [0.2, 0.25) is 0 Å². The molecule has 0 saturated heterocycles. The maximum atomic E-state index is 12.2. The summed E-state index contributed by atoms with van der Waals surface area (Å²) in [5.74, 6) is 0.670. The normalized spacial score (nSPS) is 13.0. The average molecular weight is 354 g/mol. The molecule has 1 aromatic heterocycles. The van der Waals surface area contributed by atoms with Gasteiger partial charge in [-0.25, -0.2) is 9.78 Å². The van der Waals surface area contributed by atoms with Crippen molar-refractivity contribution in [1.82, 2.24) is 10.3 Å². The van der Waals surface area contributed by atoms with E-state index in [4.69, 9.17) is 4.74 Å². The van der Waals surface area contributed by atoms with Crippen molar-refractivity contribution in [3.05, 3.63) is 47.7 Å². The predicted octanol–water partition coefficient (Wildman–Crippen LogP) is 3.07. The van der Waals surface area contributed by atoms with Crippen molar-refractivity contribution in [2.75, 3.05) is 17.7 Å². The molecule has 1 aromatic carbocycles. The van der Waals surface area contributed by atoms with Crippen LogP contribution in [0.15, 0.2) is 36.5 Å². The topological polar surface area (TPSA) is 92.4 Å². The van der Waals surface area contributed by atoms with Crippen molar-refractivity contribution in [3.8, 4) is 5.88 Å². The van der Waals surface area contributed by atoms with Crippen LogP contribution in [0, 0.1) is 12.8 Å². The number of carbonyl (C=O) groups excluding carboxylic acids is 2. The lowest BCUT2D eigenvalue weighted by molar-refractivity contribution is -0.117. The second kappa shape index (κ2) is 7.86. The van der Waals surface area contributed by atoms with Gasteiger partial charge in [-0.3, -0.25) is 4.79 Å². The van der Waals surface area contributed by atoms with E-state index in [1.165, 1.54) is 0 Å². The number of nitrogens with one attached hydrogen (secondary N) is 3. The largest absolute Gasteiger partial charge is 0.481 e. The zero-order chi connectivity index (χ0) is 18.5. The van der Waals surface area contributed by atoms with Gasteiger partial charge in [-0.1, -0.05) is 6.07 Å². The molecule has 7 nitrogen and oxygen atoms in total. The number of carbonyl (C=O) groups is 2. The standard InChI is InChI=1S/C19H22N4O3/c1-12-3-6-15(22-18(24)14-4-5-14)10-16(12)23-19(25)21-11-13-7-8-20-17(9-13)26-2/h3,6-10,14H,4-5,11H2,1-2H3,(H,22,24)(H2,21,23,25). The van der Waals surface area contributed by atoms with Gasteiger partial charge in [0.15, 0.2) is 0 Å². The molecule has 2 aromatic rings. The number of aryl methyl sites for hydroxylation is 1. The number of benzene rings is 1. The number of methoxy groups -OCH3 is 1. The van der Waals surface area contributed by atoms with Gasteiger partial charge in [0.05, 0.1) is 7.11 Å². The quantitative estimate of drug-likeness (QED) is 0.743. The molecule has 1 heterocycles. The molecule has 0 radical (unpaired) electrons. The van der Waals surface area contributed by atoms with E-state index in [1.54, 1.807) is 25.4 Å². The molecule has 1 aliphatic rings. The second-order valence-corrected chi connectivity index (χ2v) is 6.31. The molecule has 0 bridgehead atoms. The van der Waals surface area contributed by atoms with Crippen molar-refractivity contribution < 1.29 is 14.3 Å². The van der Waals surface area contributed by atoms with E-state index in [0.29, 0.717) is 23.8 Å². The summed E-state index contributed by atoms with van der Waals surface area (Å²) in [4.78, 5) is 28.1. The summed E-state index contributed by atoms with van der Waals surface area (Å²) in [6.07, 6.45) is 3.53. The molecule has 26 heavy (non-hydrogen) atoms. The third-order valence-corrected chi connectivity index (χ3v) is 4.16. The molecule has 136 valence electrons. The number of urea groups is 1. The van der Waals surface area contributed by atoms with E-state index < -0.39 is 0 Å². The lowest BCUT2D eigenvalue weighted by Crippen LogP contribution is -2.28. The highest BCUT2D eigenvalue weighted by Crippen LogP contribution is 2.30. The van der Waals surface area contributed by atoms with Crippen LogP contribution in [0.1, 0.15) is 24.0 Å². The van der Waals surface area contributed by atoms with Crippen molar-refractivity contribution in [2.45, 2.75) is 26.3 Å². The van der Waals surface area contributed by atoms with Gasteiger partial charge in [-0.2, -0.15) is 0 Å². The molecule has 7 heteroatoms. The molecule has 0 atom stereocenters. The van der Waals surface area contributed by atoms with Gasteiger partial charge in [-0.05, 0) is 49.1 Å². The summed E-state index contributed by atoms with van der Waals surface area (Å²) >= 11 is 0. The van der Waals surface area contributed by atoms with Crippen molar-refractivity contribution in [2.24, 2.45) is 5.92 Å². The first-order valence-electron chi connectivity index (χ1n) is 8.50. The minimum Gasteiger partial charge on any atom is -0.481 e. The van der Waals surface area contributed by atoms with Crippen molar-refractivity contribution >= 4 is 23.3 Å². The van der Waals surface area contributed by atoms with E-state index in [0.717, 1.165) is 24.0 Å². The van der Waals surface area contributed by atoms with Gasteiger partial charge < -0.3 is 20.7 Å². The number of rotatable bonds is 6. The number of hydrogen-bond donors (Lipinski definition) is 3. The number of pyridine rings is 1.